The van der Waals surface area contributed by atoms with E-state index in [2.05, 4.69) is 9.88 Å². The van der Waals surface area contributed by atoms with E-state index in [4.69, 9.17) is 4.74 Å². The molecule has 2 heterocycles. The molecule has 1 aliphatic rings. The largest absolute Gasteiger partial charge is 0.497 e. The predicted octanol–water partition coefficient (Wildman–Crippen LogP) is 4.92. The maximum atomic E-state index is 14.0. The monoisotopic (exact) mass is 592 g/mol. The number of carbonyl (C=O) groups excluding carboxylic acids is 1. The number of aliphatic hydroxyl groups excluding tert-OH is 1. The van der Waals surface area contributed by atoms with Crippen LogP contribution in [0.2, 0.25) is 0 Å². The van der Waals surface area contributed by atoms with Crippen LogP contribution in [0.1, 0.15) is 37.4 Å². The molecule has 222 valence electrons. The van der Waals surface area contributed by atoms with Gasteiger partial charge in [-0.05, 0) is 63.0 Å². The van der Waals surface area contributed by atoms with Crippen molar-refractivity contribution in [3.63, 3.8) is 0 Å². The van der Waals surface area contributed by atoms with Gasteiger partial charge in [0.25, 0.3) is 0 Å². The van der Waals surface area contributed by atoms with E-state index in [-0.39, 0.29) is 11.3 Å². The van der Waals surface area contributed by atoms with Crippen molar-refractivity contribution in [1.82, 2.24) is 15.4 Å². The number of hydrogen-bond donors (Lipinski definition) is 3. The number of thioether (sulfide) groups is 1. The summed E-state index contributed by atoms with van der Waals surface area (Å²) in [5.41, 5.74) is 3.07. The second-order valence-electron chi connectivity index (χ2n) is 10.5. The molecule has 3 N–H and O–H groups in total. The number of rotatable bonds is 11. The highest BCUT2D eigenvalue weighted by atomic mass is 32.2. The number of piperidine rings is 1. The molecule has 1 amide bonds. The van der Waals surface area contributed by atoms with E-state index in [1.807, 2.05) is 36.6 Å². The summed E-state index contributed by atoms with van der Waals surface area (Å²) in [7, 11) is 5.31. The summed E-state index contributed by atoms with van der Waals surface area (Å²) in [6.45, 7) is 1.59. The molecular weight excluding hydrogens is 557 g/mol. The zero-order valence-electron chi connectivity index (χ0n) is 23.3. The third-order valence-electron chi connectivity index (χ3n) is 7.83. The zero-order valence-corrected chi connectivity index (χ0v) is 24.1. The first kappa shape index (κ1) is 30.9. The topological polar surface area (TPSA) is 98.2 Å². The van der Waals surface area contributed by atoms with E-state index in [9.17, 15) is 28.3 Å². The molecule has 1 aliphatic heterocycles. The molecule has 1 saturated heterocycles. The van der Waals surface area contributed by atoms with Crippen LogP contribution in [-0.4, -0.2) is 72.7 Å². The normalized spacial score (nSPS) is 16.0. The van der Waals surface area contributed by atoms with Gasteiger partial charge in [-0.2, -0.15) is 0 Å². The van der Waals surface area contributed by atoms with Crippen LogP contribution in [0.15, 0.2) is 41.4 Å². The first-order chi connectivity index (χ1) is 19.6. The van der Waals surface area contributed by atoms with Crippen LogP contribution in [0.3, 0.4) is 0 Å². The van der Waals surface area contributed by atoms with Crippen molar-refractivity contribution in [2.24, 2.45) is 5.41 Å². The van der Waals surface area contributed by atoms with Gasteiger partial charge in [0.15, 0.2) is 11.6 Å². The average molecular weight is 593 g/mol. The molecule has 8 nitrogen and oxygen atoms in total. The molecule has 2 aromatic carbocycles. The number of likely N-dealkylation sites (tertiary alicyclic amines) is 1. The second-order valence-corrected chi connectivity index (χ2v) is 11.6. The number of halogens is 3. The Morgan fingerprint density at radius 3 is 2.61 bits per heavy atom. The van der Waals surface area contributed by atoms with Crippen molar-refractivity contribution in [1.29, 1.82) is 0 Å². The number of carbonyl (C=O) groups is 1. The van der Waals surface area contributed by atoms with E-state index < -0.39 is 34.9 Å². The van der Waals surface area contributed by atoms with Crippen molar-refractivity contribution in [2.75, 3.05) is 51.5 Å². The van der Waals surface area contributed by atoms with Gasteiger partial charge in [0.2, 0.25) is 5.91 Å². The van der Waals surface area contributed by atoms with E-state index in [0.29, 0.717) is 67.5 Å². The van der Waals surface area contributed by atoms with Gasteiger partial charge in [-0.25, -0.2) is 18.7 Å². The first-order valence-corrected chi connectivity index (χ1v) is 14.3. The van der Waals surface area contributed by atoms with Crippen molar-refractivity contribution >= 4 is 34.3 Å². The molecular formula is C29H35F3N4O4S. The summed E-state index contributed by atoms with van der Waals surface area (Å²) >= 11 is 1.03. The lowest BCUT2D eigenvalue weighted by Crippen LogP contribution is -2.48. The Morgan fingerprint density at radius 2 is 1.95 bits per heavy atom. The fraction of sp³-hybridized carbons (Fsp3) is 0.448. The van der Waals surface area contributed by atoms with Gasteiger partial charge in [-0.15, -0.1) is 11.8 Å². The van der Waals surface area contributed by atoms with Gasteiger partial charge in [-0.1, -0.05) is 0 Å². The van der Waals surface area contributed by atoms with Crippen LogP contribution in [0, 0.1) is 22.9 Å². The number of aliphatic hydroxyl groups is 1. The van der Waals surface area contributed by atoms with Crippen molar-refractivity contribution in [3.8, 4) is 5.75 Å². The zero-order chi connectivity index (χ0) is 29.7. The Morgan fingerprint density at radius 1 is 1.22 bits per heavy atom. The van der Waals surface area contributed by atoms with Gasteiger partial charge in [0.05, 0.1) is 36.0 Å². The molecule has 0 unspecified atom stereocenters. The third kappa shape index (κ3) is 6.88. The first-order valence-electron chi connectivity index (χ1n) is 13.3. The summed E-state index contributed by atoms with van der Waals surface area (Å²) in [5.74, 6) is -2.57. The molecule has 0 radical (unpaired) electrons. The van der Waals surface area contributed by atoms with Gasteiger partial charge in [-0.3, -0.25) is 15.0 Å². The standard InChI is InChI=1S/C29H35F3N4O4S/c1-35(2)23-17-33-22-5-4-19(40-3)16-20(22)26(23)24(37)6-7-29(28(38)34-39)8-10-36(11-9-29)12-13-41-25-15-18(30)14-21(31)27(25)32/h4-5,14-17,24,37,39H,6-13H2,1-3H3,(H,34,38)/t24-/m1/s1. The van der Waals surface area contributed by atoms with Crippen LogP contribution in [-0.2, 0) is 4.79 Å². The molecule has 3 aromatic rings. The molecule has 0 aliphatic carbocycles. The molecule has 0 spiro atoms. The summed E-state index contributed by atoms with van der Waals surface area (Å²) in [6, 6.07) is 6.97. The highest BCUT2D eigenvalue weighted by molar-refractivity contribution is 7.99. The molecule has 4 rings (SSSR count). The van der Waals surface area contributed by atoms with Crippen LogP contribution >= 0.6 is 11.8 Å². The smallest absolute Gasteiger partial charge is 0.249 e. The Kier molecular flexibility index (Phi) is 10.0. The molecule has 12 heteroatoms. The van der Waals surface area contributed by atoms with E-state index in [1.54, 1.807) is 19.4 Å². The predicted molar refractivity (Wildman–Crippen MR) is 152 cm³/mol. The van der Waals surface area contributed by atoms with Gasteiger partial charge < -0.3 is 19.6 Å². The van der Waals surface area contributed by atoms with Gasteiger partial charge >= 0.3 is 0 Å². The maximum Gasteiger partial charge on any atom is 0.249 e. The van der Waals surface area contributed by atoms with Crippen molar-refractivity contribution in [3.05, 3.63) is 59.5 Å². The number of fused-ring (bicyclic) bond motifs is 1. The number of aromatic nitrogens is 1. The number of methoxy groups -OCH3 is 1. The fourth-order valence-corrected chi connectivity index (χ4v) is 6.40. The molecule has 1 fully saturated rings. The molecule has 0 bridgehead atoms. The van der Waals surface area contributed by atoms with Crippen LogP contribution in [0.25, 0.3) is 10.9 Å². The lowest BCUT2D eigenvalue weighted by atomic mass is 9.73. The third-order valence-corrected chi connectivity index (χ3v) is 8.82. The quantitative estimate of drug-likeness (QED) is 0.125. The number of nitrogens with zero attached hydrogens (tertiary/aromatic N) is 3. The highest BCUT2D eigenvalue weighted by Gasteiger charge is 2.41. The van der Waals surface area contributed by atoms with Gasteiger partial charge in [0.1, 0.15) is 11.6 Å². The minimum Gasteiger partial charge on any atom is -0.497 e. The number of anilines is 1. The molecule has 41 heavy (non-hydrogen) atoms. The lowest BCUT2D eigenvalue weighted by Gasteiger charge is -2.40. The van der Waals surface area contributed by atoms with Crippen LogP contribution in [0.4, 0.5) is 18.9 Å². The van der Waals surface area contributed by atoms with Gasteiger partial charge in [0, 0.05) is 48.3 Å². The number of benzene rings is 2. The number of hydroxylamine groups is 1. The van der Waals surface area contributed by atoms with E-state index in [1.165, 1.54) is 0 Å². The Bertz CT molecular complexity index is 1390. The SMILES string of the molecule is COc1ccc2ncc(N(C)C)c([C@H](O)CCC3(C(=O)NO)CCN(CCSc4cc(F)cc(F)c4F)CC3)c2c1. The summed E-state index contributed by atoms with van der Waals surface area (Å²) in [5, 5.41) is 21.8. The Hall–Kier alpha value is -3.06. The van der Waals surface area contributed by atoms with Crippen molar-refractivity contribution < 1.29 is 33.0 Å². The minimum atomic E-state index is -1.22. The maximum absolute atomic E-state index is 14.0. The van der Waals surface area contributed by atoms with E-state index in [0.717, 1.165) is 28.9 Å². The second kappa shape index (κ2) is 13.3. The highest BCUT2D eigenvalue weighted by Crippen LogP contribution is 2.41. The Balaban J connectivity index is 1.44. The molecule has 0 saturated carbocycles. The minimum absolute atomic E-state index is 0.0825. The van der Waals surface area contributed by atoms with Crippen molar-refractivity contribution in [2.45, 2.75) is 36.7 Å². The average Bonchev–Trinajstić information content (AvgIpc) is 2.97. The number of ether oxygens (including phenoxy) is 1. The molecule has 1 atom stereocenters. The fourth-order valence-electron chi connectivity index (χ4n) is 5.41. The summed E-state index contributed by atoms with van der Waals surface area (Å²) in [4.78, 5) is 21.3. The number of pyridine rings is 1. The molecule has 1 aromatic heterocycles. The summed E-state index contributed by atoms with van der Waals surface area (Å²) < 4.78 is 46.3. The van der Waals surface area contributed by atoms with Crippen LogP contribution in [0.5, 0.6) is 5.75 Å². The Labute approximate surface area is 241 Å². The number of nitrogens with one attached hydrogen (secondary N) is 1. The summed E-state index contributed by atoms with van der Waals surface area (Å²) in [6.07, 6.45) is 2.27. The van der Waals surface area contributed by atoms with E-state index >= 15 is 0 Å². The lowest BCUT2D eigenvalue weighted by molar-refractivity contribution is -0.143. The number of amides is 1. The number of hydrogen-bond acceptors (Lipinski definition) is 8. The van der Waals surface area contributed by atoms with Crippen LogP contribution < -0.4 is 15.1 Å².